The molecule has 0 aromatic carbocycles. The second-order valence-corrected chi connectivity index (χ2v) is 16.0. The van der Waals surface area contributed by atoms with Crippen LogP contribution in [0, 0.1) is 0 Å². The van der Waals surface area contributed by atoms with E-state index in [4.69, 9.17) is 9.05 Å². The molecule has 49 heavy (non-hydrogen) atoms. The lowest BCUT2D eigenvalue weighted by molar-refractivity contribution is -0.870. The van der Waals surface area contributed by atoms with Crippen molar-refractivity contribution in [2.45, 2.75) is 174 Å². The largest absolute Gasteiger partial charge is 0.756 e. The number of rotatable bonds is 35. The second-order valence-electron chi connectivity index (χ2n) is 14.6. The Morgan fingerprint density at radius 2 is 1.20 bits per heavy atom. The quantitative estimate of drug-likeness (QED) is 0.0293. The first-order valence-corrected chi connectivity index (χ1v) is 21.3. The molecular weight excluding hydrogens is 635 g/mol. The SMILES string of the molecule is CCCC/C=C\C/C=C\CCCCCCCC(=O)NC(COP(=O)([O-])OCC[N+](C)(C)C)C(O)/C=C/CCCCCCCCCCCCC. The van der Waals surface area contributed by atoms with Crippen LogP contribution in [-0.4, -0.2) is 68.5 Å². The minimum absolute atomic E-state index is 0.00449. The topological polar surface area (TPSA) is 108 Å². The predicted molar refractivity (Wildman–Crippen MR) is 205 cm³/mol. The van der Waals surface area contributed by atoms with Gasteiger partial charge < -0.3 is 28.8 Å². The molecule has 0 aliphatic heterocycles. The van der Waals surface area contributed by atoms with Gasteiger partial charge in [0.05, 0.1) is 39.9 Å². The Bertz CT molecular complexity index is 902. The molecule has 0 spiro atoms. The van der Waals surface area contributed by atoms with Crippen LogP contribution in [0.5, 0.6) is 0 Å². The third-order valence-electron chi connectivity index (χ3n) is 8.59. The fourth-order valence-electron chi connectivity index (χ4n) is 5.34. The maximum Gasteiger partial charge on any atom is 0.268 e. The highest BCUT2D eigenvalue weighted by Crippen LogP contribution is 2.38. The van der Waals surface area contributed by atoms with Crippen molar-refractivity contribution < 1.29 is 32.9 Å². The molecule has 0 aromatic heterocycles. The molecule has 288 valence electrons. The fraction of sp³-hybridized carbons (Fsp3) is 0.825. The third-order valence-corrected chi connectivity index (χ3v) is 9.56. The summed E-state index contributed by atoms with van der Waals surface area (Å²) in [5.41, 5.74) is 0. The van der Waals surface area contributed by atoms with Gasteiger partial charge in [0, 0.05) is 6.42 Å². The molecule has 0 aromatic rings. The highest BCUT2D eigenvalue weighted by Gasteiger charge is 2.23. The van der Waals surface area contributed by atoms with Crippen LogP contribution in [0.1, 0.15) is 162 Å². The minimum atomic E-state index is -4.58. The molecule has 3 unspecified atom stereocenters. The van der Waals surface area contributed by atoms with E-state index in [1.165, 1.54) is 77.0 Å². The summed E-state index contributed by atoms with van der Waals surface area (Å²) in [6, 6.07) is -0.890. The van der Waals surface area contributed by atoms with Crippen LogP contribution in [0.4, 0.5) is 0 Å². The first kappa shape index (κ1) is 47.7. The van der Waals surface area contributed by atoms with Gasteiger partial charge in [0.15, 0.2) is 0 Å². The first-order valence-electron chi connectivity index (χ1n) is 19.9. The monoisotopic (exact) mass is 713 g/mol. The molecule has 0 saturated carbocycles. The maximum absolute atomic E-state index is 12.8. The molecule has 0 bridgehead atoms. The predicted octanol–water partition coefficient (Wildman–Crippen LogP) is 9.72. The highest BCUT2D eigenvalue weighted by molar-refractivity contribution is 7.45. The Morgan fingerprint density at radius 3 is 1.76 bits per heavy atom. The van der Waals surface area contributed by atoms with Gasteiger partial charge in [-0.1, -0.05) is 147 Å². The summed E-state index contributed by atoms with van der Waals surface area (Å²) in [6.07, 6.45) is 37.5. The Balaban J connectivity index is 4.55. The number of amides is 1. The molecule has 0 rings (SSSR count). The number of quaternary nitrogens is 1. The molecule has 9 heteroatoms. The average molecular weight is 713 g/mol. The van der Waals surface area contributed by atoms with Crippen molar-refractivity contribution in [3.8, 4) is 0 Å². The zero-order chi connectivity index (χ0) is 36.5. The van der Waals surface area contributed by atoms with Crippen molar-refractivity contribution in [3.63, 3.8) is 0 Å². The number of allylic oxidation sites excluding steroid dienone is 5. The summed E-state index contributed by atoms with van der Waals surface area (Å²) in [4.78, 5) is 25.2. The van der Waals surface area contributed by atoms with E-state index >= 15 is 0 Å². The van der Waals surface area contributed by atoms with Crippen molar-refractivity contribution in [3.05, 3.63) is 36.5 Å². The molecule has 1 amide bonds. The van der Waals surface area contributed by atoms with Gasteiger partial charge >= 0.3 is 0 Å². The zero-order valence-corrected chi connectivity index (χ0v) is 33.3. The van der Waals surface area contributed by atoms with Crippen LogP contribution in [0.2, 0.25) is 0 Å². The van der Waals surface area contributed by atoms with Crippen LogP contribution < -0.4 is 10.2 Å². The fourth-order valence-corrected chi connectivity index (χ4v) is 6.07. The minimum Gasteiger partial charge on any atom is -0.756 e. The second kappa shape index (κ2) is 32.6. The molecule has 0 heterocycles. The molecule has 0 radical (unpaired) electrons. The Kier molecular flexibility index (Phi) is 31.8. The number of aliphatic hydroxyl groups excluding tert-OH is 1. The van der Waals surface area contributed by atoms with Gasteiger partial charge in [0.1, 0.15) is 13.2 Å². The molecule has 0 fully saturated rings. The number of hydrogen-bond acceptors (Lipinski definition) is 6. The Hall–Kier alpha value is -1.28. The average Bonchev–Trinajstić information content (AvgIpc) is 3.04. The van der Waals surface area contributed by atoms with E-state index in [-0.39, 0.29) is 19.1 Å². The van der Waals surface area contributed by atoms with E-state index in [2.05, 4.69) is 43.5 Å². The van der Waals surface area contributed by atoms with Gasteiger partial charge in [-0.25, -0.2) is 0 Å². The molecule has 8 nitrogen and oxygen atoms in total. The summed E-state index contributed by atoms with van der Waals surface area (Å²) in [6.45, 7) is 4.56. The van der Waals surface area contributed by atoms with Crippen molar-refractivity contribution in [2.75, 3.05) is 40.9 Å². The van der Waals surface area contributed by atoms with Crippen molar-refractivity contribution in [2.24, 2.45) is 0 Å². The van der Waals surface area contributed by atoms with Crippen LogP contribution in [0.25, 0.3) is 0 Å². The summed E-state index contributed by atoms with van der Waals surface area (Å²) >= 11 is 0. The van der Waals surface area contributed by atoms with Gasteiger partial charge in [0.25, 0.3) is 7.82 Å². The summed E-state index contributed by atoms with van der Waals surface area (Å²) in [5.74, 6) is -0.215. The lowest BCUT2D eigenvalue weighted by Crippen LogP contribution is -2.45. The van der Waals surface area contributed by atoms with Crippen LogP contribution in [0.15, 0.2) is 36.5 Å². The van der Waals surface area contributed by atoms with Gasteiger partial charge in [-0.3, -0.25) is 9.36 Å². The van der Waals surface area contributed by atoms with Gasteiger partial charge in [-0.05, 0) is 44.9 Å². The van der Waals surface area contributed by atoms with Crippen LogP contribution in [0.3, 0.4) is 0 Å². The van der Waals surface area contributed by atoms with Crippen molar-refractivity contribution >= 4 is 13.7 Å². The molecule has 0 aliphatic carbocycles. The van der Waals surface area contributed by atoms with Crippen molar-refractivity contribution in [1.82, 2.24) is 5.32 Å². The third kappa shape index (κ3) is 34.9. The number of likely N-dealkylation sites (N-methyl/N-ethyl adjacent to an activating group) is 1. The summed E-state index contributed by atoms with van der Waals surface area (Å²) < 4.78 is 23.1. The number of aliphatic hydroxyl groups is 1. The van der Waals surface area contributed by atoms with E-state index in [9.17, 15) is 19.4 Å². The van der Waals surface area contributed by atoms with E-state index in [1.807, 2.05) is 27.2 Å². The normalized spacial score (nSPS) is 15.0. The van der Waals surface area contributed by atoms with Crippen LogP contribution in [-0.2, 0) is 18.4 Å². The lowest BCUT2D eigenvalue weighted by Gasteiger charge is -2.29. The number of carbonyl (C=O) groups excluding carboxylic acids is 1. The highest BCUT2D eigenvalue weighted by atomic mass is 31.2. The molecule has 3 atom stereocenters. The number of nitrogens with zero attached hydrogens (tertiary/aromatic N) is 1. The van der Waals surface area contributed by atoms with Crippen molar-refractivity contribution in [1.29, 1.82) is 0 Å². The number of carbonyl (C=O) groups is 1. The molecule has 0 saturated heterocycles. The summed E-state index contributed by atoms with van der Waals surface area (Å²) in [7, 11) is 1.24. The smallest absolute Gasteiger partial charge is 0.268 e. The van der Waals surface area contributed by atoms with E-state index in [0.717, 1.165) is 64.2 Å². The van der Waals surface area contributed by atoms with E-state index in [0.29, 0.717) is 17.4 Å². The standard InChI is InChI=1S/C40H77N2O6P/c1-6-8-10-12-14-16-18-20-22-24-26-28-30-32-34-40(44)41-38(37-48-49(45,46)47-36-35-42(3,4)5)39(43)33-31-29-27-25-23-21-19-17-15-13-11-9-7-2/h12,14,18,20,31,33,38-39,43H,6-11,13,15-17,19,21-30,32,34-37H2,1-5H3,(H-,41,44,45,46)/b14-12-,20-18-,33-31+. The number of hydrogen-bond donors (Lipinski definition) is 2. The van der Waals surface area contributed by atoms with E-state index < -0.39 is 20.0 Å². The van der Waals surface area contributed by atoms with Gasteiger partial charge in [0.2, 0.25) is 5.91 Å². The lowest BCUT2D eigenvalue weighted by atomic mass is 10.0. The Morgan fingerprint density at radius 1 is 0.714 bits per heavy atom. The van der Waals surface area contributed by atoms with E-state index in [1.54, 1.807) is 6.08 Å². The summed E-state index contributed by atoms with van der Waals surface area (Å²) in [5, 5.41) is 13.7. The first-order chi connectivity index (χ1) is 23.5. The number of nitrogens with one attached hydrogen (secondary N) is 1. The number of unbranched alkanes of at least 4 members (excludes halogenated alkanes) is 18. The molecular formula is C40H77N2O6P. The molecule has 2 N–H and O–H groups in total. The van der Waals surface area contributed by atoms with Gasteiger partial charge in [-0.15, -0.1) is 0 Å². The number of phosphoric ester groups is 1. The Labute approximate surface area is 302 Å². The molecule has 0 aliphatic rings. The zero-order valence-electron chi connectivity index (χ0n) is 32.4. The van der Waals surface area contributed by atoms with Gasteiger partial charge in [-0.2, -0.15) is 0 Å². The number of phosphoric acid groups is 1. The maximum atomic E-state index is 12.8. The van der Waals surface area contributed by atoms with Crippen LogP contribution >= 0.6 is 7.82 Å².